The molecule has 0 saturated heterocycles. The maximum atomic E-state index is 6.37. The molecule has 2 aliphatic rings. The summed E-state index contributed by atoms with van der Waals surface area (Å²) in [4.78, 5) is 8.69. The van der Waals surface area contributed by atoms with E-state index in [0.29, 0.717) is 11.8 Å². The molecule has 1 N–H and O–H groups in total. The smallest absolute Gasteiger partial charge is 0.129 e. The molecule has 2 fully saturated rings. The summed E-state index contributed by atoms with van der Waals surface area (Å²) in [6.45, 7) is 0.846. The molecule has 27 heavy (non-hydrogen) atoms. The summed E-state index contributed by atoms with van der Waals surface area (Å²) < 4.78 is 6.37. The molecule has 2 saturated carbocycles. The number of aromatic amines is 1. The van der Waals surface area contributed by atoms with Crippen molar-refractivity contribution in [1.29, 1.82) is 0 Å². The SMILES string of the molecule is c1ccc2c(c1)c(OCC1CCCCC1)cc1[nH]c(C3CCCCC3)nc12. The minimum Gasteiger partial charge on any atom is -0.493 e. The van der Waals surface area contributed by atoms with Gasteiger partial charge in [-0.25, -0.2) is 4.98 Å². The summed E-state index contributed by atoms with van der Waals surface area (Å²) in [7, 11) is 0. The fourth-order valence-corrected chi connectivity index (χ4v) is 5.08. The van der Waals surface area contributed by atoms with Gasteiger partial charge in [0.1, 0.15) is 11.6 Å². The number of H-pyrrole nitrogens is 1. The molecule has 3 nitrogen and oxygen atoms in total. The van der Waals surface area contributed by atoms with E-state index in [1.165, 1.54) is 80.8 Å². The molecule has 0 radical (unpaired) electrons. The lowest BCUT2D eigenvalue weighted by Gasteiger charge is -2.22. The van der Waals surface area contributed by atoms with Crippen molar-refractivity contribution in [3.8, 4) is 5.75 Å². The molecule has 0 spiro atoms. The van der Waals surface area contributed by atoms with Gasteiger partial charge in [0.25, 0.3) is 0 Å². The van der Waals surface area contributed by atoms with E-state index in [4.69, 9.17) is 9.72 Å². The number of hydrogen-bond acceptors (Lipinski definition) is 2. The molecule has 5 rings (SSSR count). The van der Waals surface area contributed by atoms with Gasteiger partial charge < -0.3 is 9.72 Å². The molecule has 0 atom stereocenters. The fourth-order valence-electron chi connectivity index (χ4n) is 5.08. The summed E-state index contributed by atoms with van der Waals surface area (Å²) in [5.74, 6) is 3.51. The van der Waals surface area contributed by atoms with E-state index in [1.54, 1.807) is 0 Å². The van der Waals surface area contributed by atoms with Gasteiger partial charge in [0.15, 0.2) is 0 Å². The number of hydrogen-bond donors (Lipinski definition) is 1. The molecule has 0 unspecified atom stereocenters. The molecule has 0 bridgehead atoms. The zero-order valence-corrected chi connectivity index (χ0v) is 16.2. The van der Waals surface area contributed by atoms with Gasteiger partial charge in [-0.2, -0.15) is 0 Å². The van der Waals surface area contributed by atoms with Crippen LogP contribution in [0.3, 0.4) is 0 Å². The van der Waals surface area contributed by atoms with Crippen molar-refractivity contribution in [2.75, 3.05) is 6.61 Å². The van der Waals surface area contributed by atoms with Crippen LogP contribution >= 0.6 is 0 Å². The van der Waals surface area contributed by atoms with E-state index in [9.17, 15) is 0 Å². The van der Waals surface area contributed by atoms with Crippen LogP contribution in [0.25, 0.3) is 21.8 Å². The van der Waals surface area contributed by atoms with Crippen molar-refractivity contribution in [1.82, 2.24) is 9.97 Å². The van der Waals surface area contributed by atoms with Crippen molar-refractivity contribution in [3.05, 3.63) is 36.2 Å². The van der Waals surface area contributed by atoms with Gasteiger partial charge >= 0.3 is 0 Å². The highest BCUT2D eigenvalue weighted by Gasteiger charge is 2.21. The second-order valence-corrected chi connectivity index (χ2v) is 8.59. The first-order valence-electron chi connectivity index (χ1n) is 10.9. The number of nitrogens with one attached hydrogen (secondary N) is 1. The van der Waals surface area contributed by atoms with Gasteiger partial charge in [-0.05, 0) is 31.6 Å². The lowest BCUT2D eigenvalue weighted by molar-refractivity contribution is 0.211. The molecule has 1 aromatic heterocycles. The Hall–Kier alpha value is -2.03. The highest BCUT2D eigenvalue weighted by Crippen LogP contribution is 2.37. The Balaban J connectivity index is 1.49. The minimum absolute atomic E-state index is 0.594. The lowest BCUT2D eigenvalue weighted by Crippen LogP contribution is -2.15. The van der Waals surface area contributed by atoms with E-state index < -0.39 is 0 Å². The fraction of sp³-hybridized carbons (Fsp3) is 0.542. The van der Waals surface area contributed by atoms with E-state index >= 15 is 0 Å². The normalized spacial score (nSPS) is 19.7. The maximum Gasteiger partial charge on any atom is 0.129 e. The van der Waals surface area contributed by atoms with Crippen LogP contribution in [0, 0.1) is 5.92 Å². The zero-order valence-electron chi connectivity index (χ0n) is 16.2. The Bertz CT molecular complexity index is 917. The number of benzene rings is 2. The molecule has 3 aromatic rings. The summed E-state index contributed by atoms with van der Waals surface area (Å²) >= 11 is 0. The number of rotatable bonds is 4. The van der Waals surface area contributed by atoms with Gasteiger partial charge in [0.05, 0.1) is 17.6 Å². The van der Waals surface area contributed by atoms with Crippen molar-refractivity contribution in [3.63, 3.8) is 0 Å². The van der Waals surface area contributed by atoms with Crippen LogP contribution < -0.4 is 4.74 Å². The molecule has 2 aliphatic carbocycles. The van der Waals surface area contributed by atoms with Crippen LogP contribution in [0.15, 0.2) is 30.3 Å². The number of ether oxygens (including phenoxy) is 1. The van der Waals surface area contributed by atoms with Crippen LogP contribution in [0.5, 0.6) is 5.75 Å². The Morgan fingerprint density at radius 1 is 0.889 bits per heavy atom. The number of imidazole rings is 1. The van der Waals surface area contributed by atoms with Crippen molar-refractivity contribution < 1.29 is 4.74 Å². The summed E-state index contributed by atoms with van der Waals surface area (Å²) in [6.07, 6.45) is 13.3. The Labute approximate surface area is 161 Å². The average Bonchev–Trinajstić information content (AvgIpc) is 3.18. The quantitative estimate of drug-likeness (QED) is 0.559. The molecule has 0 aliphatic heterocycles. The Morgan fingerprint density at radius 3 is 2.37 bits per heavy atom. The molecule has 0 amide bonds. The average molecular weight is 363 g/mol. The highest BCUT2D eigenvalue weighted by atomic mass is 16.5. The first kappa shape index (κ1) is 17.1. The van der Waals surface area contributed by atoms with Crippen LogP contribution in [-0.2, 0) is 0 Å². The van der Waals surface area contributed by atoms with E-state index in [-0.39, 0.29) is 0 Å². The third-order valence-corrected chi connectivity index (χ3v) is 6.66. The van der Waals surface area contributed by atoms with E-state index in [1.807, 2.05) is 0 Å². The van der Waals surface area contributed by atoms with Crippen LogP contribution in [0.4, 0.5) is 0 Å². The Kier molecular flexibility index (Phi) is 4.77. The third kappa shape index (κ3) is 3.44. The monoisotopic (exact) mass is 362 g/mol. The Morgan fingerprint density at radius 2 is 1.59 bits per heavy atom. The molecule has 3 heteroatoms. The predicted octanol–water partition coefficient (Wildman–Crippen LogP) is 6.72. The van der Waals surface area contributed by atoms with Crippen molar-refractivity contribution >= 4 is 21.8 Å². The zero-order chi connectivity index (χ0) is 18.1. The standard InChI is InChI=1S/C24H30N2O/c1-3-9-17(10-4-1)16-27-22-15-21-23(20-14-8-7-13-19(20)22)26-24(25-21)18-11-5-2-6-12-18/h7-8,13-15,17-18H,1-6,9-12,16H2,(H,25,26). The van der Waals surface area contributed by atoms with E-state index in [0.717, 1.165) is 23.4 Å². The number of nitrogens with zero attached hydrogens (tertiary/aromatic N) is 1. The largest absolute Gasteiger partial charge is 0.493 e. The maximum absolute atomic E-state index is 6.37. The van der Waals surface area contributed by atoms with Gasteiger partial charge in [0.2, 0.25) is 0 Å². The number of fused-ring (bicyclic) bond motifs is 3. The molecule has 142 valence electrons. The summed E-state index contributed by atoms with van der Waals surface area (Å²) in [5, 5.41) is 2.41. The molecule has 1 heterocycles. The second-order valence-electron chi connectivity index (χ2n) is 8.59. The van der Waals surface area contributed by atoms with Crippen LogP contribution in [0.1, 0.15) is 76.0 Å². The molecular weight excluding hydrogens is 332 g/mol. The summed E-state index contributed by atoms with van der Waals surface area (Å²) in [6, 6.07) is 10.8. The molecule has 2 aromatic carbocycles. The molecular formula is C24H30N2O. The first-order valence-corrected chi connectivity index (χ1v) is 10.9. The lowest BCUT2D eigenvalue weighted by atomic mass is 9.89. The highest BCUT2D eigenvalue weighted by molar-refractivity contribution is 6.07. The van der Waals surface area contributed by atoms with Crippen molar-refractivity contribution in [2.45, 2.75) is 70.1 Å². The van der Waals surface area contributed by atoms with Crippen molar-refractivity contribution in [2.24, 2.45) is 5.92 Å². The second kappa shape index (κ2) is 7.53. The first-order chi connectivity index (χ1) is 13.4. The minimum atomic E-state index is 0.594. The van der Waals surface area contributed by atoms with Gasteiger partial charge in [0, 0.05) is 22.8 Å². The summed E-state index contributed by atoms with van der Waals surface area (Å²) in [5.41, 5.74) is 2.24. The van der Waals surface area contributed by atoms with Gasteiger partial charge in [-0.15, -0.1) is 0 Å². The predicted molar refractivity (Wildman–Crippen MR) is 111 cm³/mol. The third-order valence-electron chi connectivity index (χ3n) is 6.66. The topological polar surface area (TPSA) is 37.9 Å². The van der Waals surface area contributed by atoms with Gasteiger partial charge in [-0.3, -0.25) is 0 Å². The van der Waals surface area contributed by atoms with E-state index in [2.05, 4.69) is 35.3 Å². The van der Waals surface area contributed by atoms with Crippen LogP contribution in [0.2, 0.25) is 0 Å². The van der Waals surface area contributed by atoms with Crippen LogP contribution in [-0.4, -0.2) is 16.6 Å². The van der Waals surface area contributed by atoms with Gasteiger partial charge in [-0.1, -0.05) is 62.8 Å². The number of aromatic nitrogens is 2.